The fourth-order valence-electron chi connectivity index (χ4n) is 5.40. The van der Waals surface area contributed by atoms with Crippen molar-refractivity contribution in [3.8, 4) is 0 Å². The Morgan fingerprint density at radius 1 is 1.31 bits per heavy atom. The van der Waals surface area contributed by atoms with Crippen molar-refractivity contribution in [2.75, 3.05) is 26.4 Å². The van der Waals surface area contributed by atoms with Crippen LogP contribution in [0.15, 0.2) is 29.2 Å². The maximum Gasteiger partial charge on any atom is 0.278 e. The first-order valence-corrected chi connectivity index (χ1v) is 12.7. The van der Waals surface area contributed by atoms with Gasteiger partial charge in [-0.2, -0.15) is 0 Å². The largest absolute Gasteiger partial charge is 0.390 e. The minimum Gasteiger partial charge on any atom is -0.390 e. The van der Waals surface area contributed by atoms with Gasteiger partial charge in [0.1, 0.15) is 5.56 Å². The number of aliphatic hydroxyl groups is 1. The first kappa shape index (κ1) is 23.4. The lowest BCUT2D eigenvalue weighted by atomic mass is 9.96. The Bertz CT molecular complexity index is 1000. The molecule has 176 valence electrons. The Morgan fingerprint density at radius 2 is 2.00 bits per heavy atom. The molecule has 0 spiro atoms. The minimum absolute atomic E-state index is 0.0529. The van der Waals surface area contributed by atoms with Gasteiger partial charge in [-0.15, -0.1) is 0 Å². The number of likely N-dealkylation sites (N-methyl/N-ethyl adjacent to an activating group) is 1. The number of nitrogens with one attached hydrogen (secondary N) is 1. The van der Waals surface area contributed by atoms with Crippen molar-refractivity contribution < 1.29 is 9.90 Å². The van der Waals surface area contributed by atoms with Gasteiger partial charge in [-0.05, 0) is 71.0 Å². The quantitative estimate of drug-likeness (QED) is 0.585. The van der Waals surface area contributed by atoms with E-state index in [1.165, 1.54) is 0 Å². The van der Waals surface area contributed by atoms with Crippen LogP contribution in [0.5, 0.6) is 0 Å². The zero-order valence-electron chi connectivity index (χ0n) is 19.4. The molecule has 0 aromatic carbocycles. The van der Waals surface area contributed by atoms with E-state index in [2.05, 4.69) is 10.2 Å². The maximum absolute atomic E-state index is 13.1. The molecule has 3 unspecified atom stereocenters. The highest BCUT2D eigenvalue weighted by Gasteiger charge is 2.41. The van der Waals surface area contributed by atoms with E-state index in [1.54, 1.807) is 22.7 Å². The van der Waals surface area contributed by atoms with Crippen LogP contribution in [0.2, 0.25) is 0 Å². The minimum atomic E-state index is -0.384. The van der Waals surface area contributed by atoms with Crippen LogP contribution >= 0.6 is 11.9 Å². The van der Waals surface area contributed by atoms with E-state index in [-0.39, 0.29) is 35.2 Å². The van der Waals surface area contributed by atoms with Crippen LogP contribution in [0, 0.1) is 0 Å². The van der Waals surface area contributed by atoms with E-state index < -0.39 is 0 Å². The molecule has 2 N–H and O–H groups in total. The summed E-state index contributed by atoms with van der Waals surface area (Å²) in [6, 6.07) is 6.22. The van der Waals surface area contributed by atoms with Gasteiger partial charge >= 0.3 is 0 Å². The van der Waals surface area contributed by atoms with Gasteiger partial charge in [0.05, 0.1) is 11.6 Å². The second-order valence-electron chi connectivity index (χ2n) is 9.45. The number of nitrogens with zero attached hydrogens (tertiary/aromatic N) is 4. The van der Waals surface area contributed by atoms with E-state index >= 15 is 0 Å². The number of carbonyl (C=O) groups is 1. The van der Waals surface area contributed by atoms with Gasteiger partial charge in [0.2, 0.25) is 0 Å². The van der Waals surface area contributed by atoms with Crippen LogP contribution in [0.1, 0.15) is 55.9 Å². The topological polar surface area (TPSA) is 82.2 Å². The van der Waals surface area contributed by atoms with E-state index in [0.717, 1.165) is 31.2 Å². The number of hydrogen-bond donors (Lipinski definition) is 2. The zero-order chi connectivity index (χ0) is 23.0. The molecule has 0 saturated carbocycles. The third-order valence-corrected chi connectivity index (χ3v) is 7.65. The van der Waals surface area contributed by atoms with Crippen molar-refractivity contribution in [3.63, 3.8) is 0 Å². The first-order valence-electron chi connectivity index (χ1n) is 11.5. The summed E-state index contributed by atoms with van der Waals surface area (Å²) in [6.07, 6.45) is 7.38. The first-order chi connectivity index (χ1) is 15.3. The SMILES string of the molecule is CSN(C)CC(O)CN1C2CCC1CC(NC(=O)c1cc3cccn3n(C(C)C)c1=O)C2. The molecule has 3 atom stereocenters. The molecule has 2 aliphatic rings. The molecule has 4 heterocycles. The van der Waals surface area contributed by atoms with Crippen LogP contribution in [0.25, 0.3) is 5.52 Å². The predicted molar refractivity (Wildman–Crippen MR) is 128 cm³/mol. The van der Waals surface area contributed by atoms with Crippen molar-refractivity contribution in [3.05, 3.63) is 40.3 Å². The summed E-state index contributed by atoms with van der Waals surface area (Å²) in [5.74, 6) is -0.285. The molecule has 0 radical (unpaired) electrons. The molecule has 4 rings (SSSR count). The van der Waals surface area contributed by atoms with Crippen molar-refractivity contribution in [2.45, 2.75) is 69.8 Å². The van der Waals surface area contributed by atoms with Gasteiger partial charge in [-0.1, -0.05) is 11.9 Å². The molecule has 9 heteroatoms. The summed E-state index contributed by atoms with van der Waals surface area (Å²) in [5, 5.41) is 13.6. The highest BCUT2D eigenvalue weighted by molar-refractivity contribution is 7.96. The van der Waals surface area contributed by atoms with E-state index in [0.29, 0.717) is 25.2 Å². The van der Waals surface area contributed by atoms with E-state index in [1.807, 2.05) is 54.3 Å². The molecule has 2 aliphatic heterocycles. The van der Waals surface area contributed by atoms with Gasteiger partial charge in [0.25, 0.3) is 11.5 Å². The Balaban J connectivity index is 1.44. The maximum atomic E-state index is 13.1. The Hall–Kier alpha value is -1.81. The fourth-order valence-corrected chi connectivity index (χ4v) is 5.72. The number of aromatic nitrogens is 2. The van der Waals surface area contributed by atoms with Gasteiger partial charge in [0, 0.05) is 43.5 Å². The lowest BCUT2D eigenvalue weighted by molar-refractivity contribution is 0.0456. The second kappa shape index (κ2) is 9.59. The molecule has 32 heavy (non-hydrogen) atoms. The molecule has 8 nitrogen and oxygen atoms in total. The molecular formula is C23H35N5O3S. The molecule has 2 aromatic rings. The van der Waals surface area contributed by atoms with Crippen molar-refractivity contribution >= 4 is 23.4 Å². The predicted octanol–water partition coefficient (Wildman–Crippen LogP) is 1.98. The summed E-state index contributed by atoms with van der Waals surface area (Å²) in [6.45, 7) is 5.20. The number of amides is 1. The van der Waals surface area contributed by atoms with Gasteiger partial charge in [0.15, 0.2) is 0 Å². The molecule has 2 saturated heterocycles. The Kier molecular flexibility index (Phi) is 7.00. The van der Waals surface area contributed by atoms with Crippen LogP contribution in [-0.4, -0.2) is 80.0 Å². The lowest BCUT2D eigenvalue weighted by Gasteiger charge is -2.40. The number of hydrogen-bond acceptors (Lipinski definition) is 6. The standard InChI is InChI=1S/C23H35N5O3S/c1-15(2)28-23(31)21(12-19-6-5-9-27(19)28)22(30)24-16-10-17-7-8-18(11-16)26(17)14-20(29)13-25(3)32-4/h5-6,9,12,15-18,20,29H,7-8,10-11,13-14H2,1-4H3,(H,24,30). The fraction of sp³-hybridized carbons (Fsp3) is 0.652. The normalized spacial score (nSPS) is 24.5. The molecule has 2 bridgehead atoms. The monoisotopic (exact) mass is 461 g/mol. The summed E-state index contributed by atoms with van der Waals surface area (Å²) >= 11 is 1.62. The highest BCUT2D eigenvalue weighted by atomic mass is 32.2. The number of rotatable bonds is 8. The molecule has 2 aromatic heterocycles. The summed E-state index contributed by atoms with van der Waals surface area (Å²) in [7, 11) is 1.99. The number of piperidine rings is 1. The third-order valence-electron chi connectivity index (χ3n) is 6.88. The van der Waals surface area contributed by atoms with Crippen LogP contribution in [0.4, 0.5) is 0 Å². The zero-order valence-corrected chi connectivity index (χ0v) is 20.2. The second-order valence-corrected chi connectivity index (χ2v) is 10.4. The molecule has 1 amide bonds. The van der Waals surface area contributed by atoms with Crippen LogP contribution in [-0.2, 0) is 0 Å². The van der Waals surface area contributed by atoms with Gasteiger partial charge < -0.3 is 10.4 Å². The van der Waals surface area contributed by atoms with E-state index in [9.17, 15) is 14.7 Å². The summed E-state index contributed by atoms with van der Waals surface area (Å²) in [4.78, 5) is 28.6. The summed E-state index contributed by atoms with van der Waals surface area (Å²) in [5.41, 5.74) is 0.778. The van der Waals surface area contributed by atoms with Gasteiger partial charge in [-0.25, -0.2) is 4.68 Å². The Labute approximate surface area is 193 Å². The highest BCUT2D eigenvalue weighted by Crippen LogP contribution is 2.36. The van der Waals surface area contributed by atoms with Crippen LogP contribution < -0.4 is 10.9 Å². The third kappa shape index (κ3) is 4.62. The molecular weight excluding hydrogens is 426 g/mol. The summed E-state index contributed by atoms with van der Waals surface area (Å²) < 4.78 is 5.48. The average molecular weight is 462 g/mol. The number of fused-ring (bicyclic) bond motifs is 3. The van der Waals surface area contributed by atoms with Crippen molar-refractivity contribution in [2.24, 2.45) is 0 Å². The Morgan fingerprint density at radius 3 is 2.62 bits per heavy atom. The smallest absolute Gasteiger partial charge is 0.278 e. The van der Waals surface area contributed by atoms with Crippen molar-refractivity contribution in [1.29, 1.82) is 0 Å². The molecule has 0 aliphatic carbocycles. The lowest BCUT2D eigenvalue weighted by Crippen LogP contribution is -2.53. The van der Waals surface area contributed by atoms with Crippen LogP contribution in [0.3, 0.4) is 0 Å². The number of aliphatic hydroxyl groups excluding tert-OH is 1. The van der Waals surface area contributed by atoms with E-state index in [4.69, 9.17) is 0 Å². The van der Waals surface area contributed by atoms with Crippen molar-refractivity contribution in [1.82, 2.24) is 23.7 Å². The average Bonchev–Trinajstić information content (AvgIpc) is 3.28. The molecule has 2 fully saturated rings. The number of carbonyl (C=O) groups excluding carboxylic acids is 1. The van der Waals surface area contributed by atoms with Gasteiger partial charge in [-0.3, -0.25) is 23.3 Å².